The van der Waals surface area contributed by atoms with Crippen molar-refractivity contribution in [2.45, 2.75) is 51.3 Å². The quantitative estimate of drug-likeness (QED) is 0.351. The van der Waals surface area contributed by atoms with Crippen molar-refractivity contribution in [1.82, 2.24) is 10.6 Å². The van der Waals surface area contributed by atoms with Gasteiger partial charge in [-0.2, -0.15) is 0 Å². The molecule has 1 fully saturated rings. The van der Waals surface area contributed by atoms with Crippen LogP contribution in [0.4, 0.5) is 10.5 Å². The number of hydrogen-bond acceptors (Lipinski definition) is 7. The van der Waals surface area contributed by atoms with Crippen LogP contribution in [0.15, 0.2) is 24.3 Å². The van der Waals surface area contributed by atoms with Gasteiger partial charge < -0.3 is 20.1 Å². The number of amides is 2. The number of nitro benzene ring substituents is 1. The van der Waals surface area contributed by atoms with Crippen LogP contribution < -0.4 is 15.4 Å². The first-order valence-corrected chi connectivity index (χ1v) is 8.31. The molecule has 2 rings (SSSR count). The summed E-state index contributed by atoms with van der Waals surface area (Å²) >= 11 is 0. The zero-order valence-electron chi connectivity index (χ0n) is 15.2. The van der Waals surface area contributed by atoms with Crippen LogP contribution in [0.5, 0.6) is 5.75 Å². The predicted molar refractivity (Wildman–Crippen MR) is 93.1 cm³/mol. The summed E-state index contributed by atoms with van der Waals surface area (Å²) in [6.45, 7) is 5.12. The summed E-state index contributed by atoms with van der Waals surface area (Å²) < 4.78 is 10.2. The lowest BCUT2D eigenvalue weighted by Gasteiger charge is -2.29. The molecule has 0 aliphatic carbocycles. The fourth-order valence-electron chi connectivity index (χ4n) is 2.40. The summed E-state index contributed by atoms with van der Waals surface area (Å²) in [5.41, 5.74) is -0.816. The molecule has 0 bridgehead atoms. The average Bonchev–Trinajstić information content (AvgIpc) is 2.55. The van der Waals surface area contributed by atoms with Crippen molar-refractivity contribution in [1.29, 1.82) is 0 Å². The highest BCUT2D eigenvalue weighted by Gasteiger charge is 2.34. The van der Waals surface area contributed by atoms with Gasteiger partial charge in [0.1, 0.15) is 23.4 Å². The minimum Gasteiger partial charge on any atom is -0.444 e. The second-order valence-corrected chi connectivity index (χ2v) is 7.01. The Hall–Kier alpha value is -3.17. The van der Waals surface area contributed by atoms with E-state index in [9.17, 15) is 24.5 Å². The molecule has 1 saturated heterocycles. The molecular weight excluding hydrogens is 358 g/mol. The second kappa shape index (κ2) is 8.02. The summed E-state index contributed by atoms with van der Waals surface area (Å²) in [4.78, 5) is 46.1. The Morgan fingerprint density at radius 1 is 1.22 bits per heavy atom. The number of alkyl carbamates (subject to hydrolysis) is 1. The van der Waals surface area contributed by atoms with Crippen molar-refractivity contribution < 1.29 is 28.8 Å². The molecule has 27 heavy (non-hydrogen) atoms. The molecule has 2 amide bonds. The minimum atomic E-state index is -0.871. The Labute approximate surface area is 155 Å². The van der Waals surface area contributed by atoms with E-state index >= 15 is 0 Å². The van der Waals surface area contributed by atoms with Crippen LogP contribution in [-0.4, -0.2) is 40.6 Å². The van der Waals surface area contributed by atoms with E-state index in [4.69, 9.17) is 9.47 Å². The molecule has 0 spiro atoms. The Bertz CT molecular complexity index is 740. The fraction of sp³-hybridized carbons (Fsp3) is 0.471. The second-order valence-electron chi connectivity index (χ2n) is 7.01. The van der Waals surface area contributed by atoms with Crippen LogP contribution in [-0.2, 0) is 14.3 Å². The van der Waals surface area contributed by atoms with Crippen molar-refractivity contribution in [2.75, 3.05) is 0 Å². The minimum absolute atomic E-state index is 0.128. The Morgan fingerprint density at radius 2 is 1.85 bits per heavy atom. The number of hydrogen-bond donors (Lipinski definition) is 2. The molecular formula is C17H21N3O7. The highest BCUT2D eigenvalue weighted by atomic mass is 16.6. The number of non-ortho nitro benzene ring substituents is 1. The number of ether oxygens (including phenoxy) is 2. The van der Waals surface area contributed by atoms with E-state index < -0.39 is 40.6 Å². The van der Waals surface area contributed by atoms with Gasteiger partial charge in [0.2, 0.25) is 5.91 Å². The third kappa shape index (κ3) is 5.94. The lowest BCUT2D eigenvalue weighted by Crippen LogP contribution is -2.57. The number of carbonyl (C=O) groups excluding carboxylic acids is 3. The van der Waals surface area contributed by atoms with Gasteiger partial charge in [-0.05, 0) is 45.7 Å². The van der Waals surface area contributed by atoms with E-state index in [1.807, 2.05) is 0 Å². The number of nitro groups is 1. The molecule has 0 saturated carbocycles. The van der Waals surface area contributed by atoms with Crippen LogP contribution >= 0.6 is 0 Å². The van der Waals surface area contributed by atoms with Crippen LogP contribution in [0.1, 0.15) is 33.6 Å². The summed E-state index contributed by atoms with van der Waals surface area (Å²) in [7, 11) is 0. The molecule has 146 valence electrons. The lowest BCUT2D eigenvalue weighted by atomic mass is 10.00. The molecule has 0 radical (unpaired) electrons. The number of benzene rings is 1. The highest BCUT2D eigenvalue weighted by molar-refractivity contribution is 5.91. The summed E-state index contributed by atoms with van der Waals surface area (Å²) in [5, 5.41) is 15.6. The van der Waals surface area contributed by atoms with Gasteiger partial charge in [-0.1, -0.05) is 0 Å². The van der Waals surface area contributed by atoms with E-state index in [0.29, 0.717) is 0 Å². The zero-order chi connectivity index (χ0) is 20.2. The summed E-state index contributed by atoms with van der Waals surface area (Å²) in [6.07, 6.45) is -0.210. The average molecular weight is 379 g/mol. The highest BCUT2D eigenvalue weighted by Crippen LogP contribution is 2.19. The first-order chi connectivity index (χ1) is 12.5. The Kier molecular flexibility index (Phi) is 5.98. The van der Waals surface area contributed by atoms with Gasteiger partial charge in [-0.3, -0.25) is 14.9 Å². The third-order valence-corrected chi connectivity index (χ3v) is 3.62. The molecule has 0 unspecified atom stereocenters. The van der Waals surface area contributed by atoms with Gasteiger partial charge in [0.05, 0.1) is 4.92 Å². The SMILES string of the molecule is CC(C)(C)OC(=O)N[C@@H]1CC[C@H](C(=O)Oc2ccc([N+](=O)[O-])cc2)NC1=O. The third-order valence-electron chi connectivity index (χ3n) is 3.62. The number of piperidine rings is 1. The van der Waals surface area contributed by atoms with Gasteiger partial charge in [0.15, 0.2) is 0 Å². The van der Waals surface area contributed by atoms with Gasteiger partial charge in [0, 0.05) is 12.1 Å². The number of esters is 1. The standard InChI is InChI=1S/C17H21N3O7/c1-17(2,3)27-16(23)19-12-8-9-13(18-14(12)21)15(22)26-11-6-4-10(5-7-11)20(24)25/h4-7,12-13H,8-9H2,1-3H3,(H,18,21)(H,19,23)/t12-,13-/m1/s1. The van der Waals surface area contributed by atoms with E-state index in [1.54, 1.807) is 20.8 Å². The van der Waals surface area contributed by atoms with E-state index in [-0.39, 0.29) is 24.3 Å². The smallest absolute Gasteiger partial charge is 0.408 e. The van der Waals surface area contributed by atoms with E-state index in [2.05, 4.69) is 10.6 Å². The summed E-state index contributed by atoms with van der Waals surface area (Å²) in [5.74, 6) is -1.07. The van der Waals surface area contributed by atoms with Gasteiger partial charge >= 0.3 is 12.1 Å². The van der Waals surface area contributed by atoms with Crippen molar-refractivity contribution in [3.8, 4) is 5.75 Å². The van der Waals surface area contributed by atoms with Gasteiger partial charge in [0.25, 0.3) is 5.69 Å². The van der Waals surface area contributed by atoms with Crippen molar-refractivity contribution in [3.63, 3.8) is 0 Å². The fourth-order valence-corrected chi connectivity index (χ4v) is 2.40. The number of carbonyl (C=O) groups is 3. The Balaban J connectivity index is 1.87. The van der Waals surface area contributed by atoms with Crippen LogP contribution in [0.25, 0.3) is 0 Å². The van der Waals surface area contributed by atoms with E-state index in [0.717, 1.165) is 0 Å². The molecule has 0 aromatic heterocycles. The molecule has 1 aliphatic heterocycles. The number of nitrogens with one attached hydrogen (secondary N) is 2. The number of nitrogens with zero attached hydrogens (tertiary/aromatic N) is 1. The molecule has 10 nitrogen and oxygen atoms in total. The van der Waals surface area contributed by atoms with Crippen LogP contribution in [0, 0.1) is 10.1 Å². The Morgan fingerprint density at radius 3 is 2.37 bits per heavy atom. The van der Waals surface area contributed by atoms with Gasteiger partial charge in [-0.25, -0.2) is 9.59 Å². The predicted octanol–water partition coefficient (Wildman–Crippen LogP) is 1.67. The van der Waals surface area contributed by atoms with Crippen molar-refractivity contribution in [2.24, 2.45) is 0 Å². The molecule has 1 aromatic carbocycles. The maximum atomic E-state index is 12.2. The molecule has 10 heteroatoms. The monoisotopic (exact) mass is 379 g/mol. The maximum absolute atomic E-state index is 12.2. The van der Waals surface area contributed by atoms with Gasteiger partial charge in [-0.15, -0.1) is 0 Å². The van der Waals surface area contributed by atoms with E-state index in [1.165, 1.54) is 24.3 Å². The molecule has 1 heterocycles. The normalized spacial score (nSPS) is 19.6. The molecule has 2 atom stereocenters. The largest absolute Gasteiger partial charge is 0.444 e. The first kappa shape index (κ1) is 20.1. The maximum Gasteiger partial charge on any atom is 0.408 e. The molecule has 2 N–H and O–H groups in total. The molecule has 1 aliphatic rings. The topological polar surface area (TPSA) is 137 Å². The lowest BCUT2D eigenvalue weighted by molar-refractivity contribution is -0.384. The van der Waals surface area contributed by atoms with Crippen LogP contribution in [0.2, 0.25) is 0 Å². The zero-order valence-corrected chi connectivity index (χ0v) is 15.2. The summed E-state index contributed by atoms with van der Waals surface area (Å²) in [6, 6.07) is 3.35. The molecule has 1 aromatic rings. The number of rotatable bonds is 4. The van der Waals surface area contributed by atoms with Crippen molar-refractivity contribution >= 4 is 23.7 Å². The first-order valence-electron chi connectivity index (χ1n) is 8.31. The van der Waals surface area contributed by atoms with Crippen LogP contribution in [0.3, 0.4) is 0 Å². The van der Waals surface area contributed by atoms with Crippen molar-refractivity contribution in [3.05, 3.63) is 34.4 Å².